The number of β-amino-alcohol motifs (C(OH)–C–C–N with tert-alkyl or cyclic N) is 1. The van der Waals surface area contributed by atoms with Gasteiger partial charge < -0.3 is 20.8 Å². The van der Waals surface area contributed by atoms with Gasteiger partial charge in [0.15, 0.2) is 0 Å². The van der Waals surface area contributed by atoms with Crippen molar-refractivity contribution in [3.63, 3.8) is 0 Å². The molecule has 0 spiro atoms. The molecule has 0 unspecified atom stereocenters. The minimum atomic E-state index is -0.299. The molecule has 1 heterocycles. The summed E-state index contributed by atoms with van der Waals surface area (Å²) in [6.07, 6.45) is -0.299. The number of hydrogen-bond donors (Lipinski definition) is 4. The van der Waals surface area contributed by atoms with E-state index in [1.54, 1.807) is 0 Å². The van der Waals surface area contributed by atoms with Crippen molar-refractivity contribution in [2.45, 2.75) is 12.1 Å². The Morgan fingerprint density at radius 1 is 1.50 bits per heavy atom. The third-order valence-electron chi connectivity index (χ3n) is 1.70. The summed E-state index contributed by atoms with van der Waals surface area (Å²) in [6, 6.07) is 0.118. The van der Waals surface area contributed by atoms with Crippen LogP contribution in [0.2, 0.25) is 0 Å². The van der Waals surface area contributed by atoms with Crippen molar-refractivity contribution in [2.75, 3.05) is 26.2 Å². The predicted octanol–water partition coefficient (Wildman–Crippen LogP) is -2.10. The van der Waals surface area contributed by atoms with Crippen LogP contribution < -0.4 is 10.6 Å². The molecule has 60 valence electrons. The maximum Gasteiger partial charge on any atom is 0.0829 e. The molecule has 1 saturated heterocycles. The fourth-order valence-corrected chi connectivity index (χ4v) is 1.12. The molecule has 4 nitrogen and oxygen atoms in total. The number of hydrogen-bond acceptors (Lipinski definition) is 4. The first-order chi connectivity index (χ1) is 4.84. The van der Waals surface area contributed by atoms with Crippen LogP contribution in [0.4, 0.5) is 0 Å². The monoisotopic (exact) mass is 146 g/mol. The molecule has 4 heteroatoms. The van der Waals surface area contributed by atoms with E-state index in [9.17, 15) is 5.11 Å². The third kappa shape index (κ3) is 1.91. The minimum Gasteiger partial charge on any atom is -0.395 e. The van der Waals surface area contributed by atoms with Crippen LogP contribution in [-0.2, 0) is 0 Å². The smallest absolute Gasteiger partial charge is 0.0829 e. The summed E-state index contributed by atoms with van der Waals surface area (Å²) in [4.78, 5) is 0. The molecular formula is C6H14N2O2. The highest BCUT2D eigenvalue weighted by Crippen LogP contribution is 1.97. The van der Waals surface area contributed by atoms with Gasteiger partial charge in [-0.3, -0.25) is 0 Å². The molecule has 2 atom stereocenters. The van der Waals surface area contributed by atoms with Crippen LogP contribution >= 0.6 is 0 Å². The quantitative estimate of drug-likeness (QED) is 0.368. The van der Waals surface area contributed by atoms with Gasteiger partial charge in [-0.1, -0.05) is 0 Å². The molecule has 0 aromatic carbocycles. The number of aliphatic hydroxyl groups is 2. The van der Waals surface area contributed by atoms with Crippen LogP contribution in [0.1, 0.15) is 0 Å². The molecule has 4 N–H and O–H groups in total. The summed E-state index contributed by atoms with van der Waals surface area (Å²) in [5, 5.41) is 23.7. The summed E-state index contributed by atoms with van der Waals surface area (Å²) in [6.45, 7) is 2.14. The van der Waals surface area contributed by atoms with Crippen molar-refractivity contribution in [3.05, 3.63) is 0 Å². The highest BCUT2D eigenvalue weighted by atomic mass is 16.3. The lowest BCUT2D eigenvalue weighted by Gasteiger charge is -2.13. The fraction of sp³-hybridized carbons (Fsp3) is 1.00. The predicted molar refractivity (Wildman–Crippen MR) is 37.8 cm³/mol. The van der Waals surface area contributed by atoms with Crippen LogP contribution in [-0.4, -0.2) is 48.6 Å². The van der Waals surface area contributed by atoms with E-state index >= 15 is 0 Å². The molecule has 0 aromatic rings. The van der Waals surface area contributed by atoms with Gasteiger partial charge in [-0.2, -0.15) is 0 Å². The second-order valence-electron chi connectivity index (χ2n) is 2.51. The summed E-state index contributed by atoms with van der Waals surface area (Å²) >= 11 is 0. The van der Waals surface area contributed by atoms with Crippen LogP contribution in [0.15, 0.2) is 0 Å². The number of aliphatic hydroxyl groups excluding tert-OH is 2. The highest BCUT2D eigenvalue weighted by Gasteiger charge is 2.23. The lowest BCUT2D eigenvalue weighted by molar-refractivity contribution is 0.158. The van der Waals surface area contributed by atoms with Crippen molar-refractivity contribution < 1.29 is 10.2 Å². The van der Waals surface area contributed by atoms with E-state index in [1.807, 2.05) is 0 Å². The van der Waals surface area contributed by atoms with Crippen molar-refractivity contribution in [1.82, 2.24) is 10.6 Å². The Kier molecular flexibility index (Phi) is 3.08. The zero-order chi connectivity index (χ0) is 7.40. The van der Waals surface area contributed by atoms with E-state index in [0.717, 1.165) is 6.54 Å². The maximum absolute atomic E-state index is 9.21. The van der Waals surface area contributed by atoms with E-state index in [0.29, 0.717) is 13.1 Å². The van der Waals surface area contributed by atoms with Crippen LogP contribution in [0.25, 0.3) is 0 Å². The topological polar surface area (TPSA) is 64.5 Å². The van der Waals surface area contributed by atoms with Gasteiger partial charge in [0, 0.05) is 25.7 Å². The Morgan fingerprint density at radius 2 is 2.30 bits per heavy atom. The van der Waals surface area contributed by atoms with E-state index in [1.165, 1.54) is 0 Å². The van der Waals surface area contributed by atoms with Crippen molar-refractivity contribution in [1.29, 1.82) is 0 Å². The van der Waals surface area contributed by atoms with Gasteiger partial charge in [-0.25, -0.2) is 0 Å². The van der Waals surface area contributed by atoms with Gasteiger partial charge in [0.1, 0.15) is 0 Å². The molecular weight excluding hydrogens is 132 g/mol. The Labute approximate surface area is 60.2 Å². The lowest BCUT2D eigenvalue weighted by atomic mass is 10.2. The lowest BCUT2D eigenvalue weighted by Crippen LogP contribution is -2.40. The summed E-state index contributed by atoms with van der Waals surface area (Å²) in [5.74, 6) is 0. The first-order valence-corrected chi connectivity index (χ1v) is 3.57. The van der Waals surface area contributed by atoms with Gasteiger partial charge in [0.25, 0.3) is 0 Å². The molecule has 0 amide bonds. The fourth-order valence-electron chi connectivity index (χ4n) is 1.12. The maximum atomic E-state index is 9.21. The summed E-state index contributed by atoms with van der Waals surface area (Å²) in [5.41, 5.74) is 0. The highest BCUT2D eigenvalue weighted by molar-refractivity contribution is 4.85. The van der Waals surface area contributed by atoms with E-state index in [-0.39, 0.29) is 18.8 Å². The van der Waals surface area contributed by atoms with E-state index in [4.69, 9.17) is 5.11 Å². The Bertz CT molecular complexity index is 99.7. The summed E-state index contributed by atoms with van der Waals surface area (Å²) in [7, 11) is 0. The molecule has 0 saturated carbocycles. The Balaban J connectivity index is 2.14. The number of rotatable bonds is 3. The van der Waals surface area contributed by atoms with Crippen molar-refractivity contribution in [3.8, 4) is 0 Å². The molecule has 0 bridgehead atoms. The number of nitrogens with one attached hydrogen (secondary N) is 2. The van der Waals surface area contributed by atoms with Gasteiger partial charge in [0.05, 0.1) is 12.7 Å². The average molecular weight is 146 g/mol. The zero-order valence-corrected chi connectivity index (χ0v) is 5.88. The first kappa shape index (κ1) is 7.94. The van der Waals surface area contributed by atoms with Gasteiger partial charge in [0.2, 0.25) is 0 Å². The SMILES string of the molecule is OCCN[C@@H]1CNC[C@H]1O. The van der Waals surface area contributed by atoms with E-state index < -0.39 is 0 Å². The molecule has 0 radical (unpaired) electrons. The van der Waals surface area contributed by atoms with Gasteiger partial charge in [-0.15, -0.1) is 0 Å². The Hall–Kier alpha value is -0.160. The first-order valence-electron chi connectivity index (χ1n) is 3.57. The van der Waals surface area contributed by atoms with Gasteiger partial charge in [-0.05, 0) is 0 Å². The second-order valence-corrected chi connectivity index (χ2v) is 2.51. The molecule has 1 aliphatic rings. The molecule has 10 heavy (non-hydrogen) atoms. The van der Waals surface area contributed by atoms with E-state index in [2.05, 4.69) is 10.6 Å². The second kappa shape index (κ2) is 3.88. The minimum absolute atomic E-state index is 0.118. The third-order valence-corrected chi connectivity index (χ3v) is 1.70. The molecule has 0 aliphatic carbocycles. The summed E-state index contributed by atoms with van der Waals surface area (Å²) < 4.78 is 0. The largest absolute Gasteiger partial charge is 0.395 e. The normalized spacial score (nSPS) is 33.0. The zero-order valence-electron chi connectivity index (χ0n) is 5.88. The molecule has 1 aliphatic heterocycles. The van der Waals surface area contributed by atoms with Crippen molar-refractivity contribution >= 4 is 0 Å². The standard InChI is InChI=1S/C6H14N2O2/c9-2-1-8-5-3-7-4-6(5)10/h5-10H,1-4H2/t5-,6-/m1/s1. The van der Waals surface area contributed by atoms with Crippen LogP contribution in [0, 0.1) is 0 Å². The Morgan fingerprint density at radius 3 is 2.80 bits per heavy atom. The average Bonchev–Trinajstić information content (AvgIpc) is 2.31. The van der Waals surface area contributed by atoms with Crippen LogP contribution in [0.5, 0.6) is 0 Å². The van der Waals surface area contributed by atoms with Crippen molar-refractivity contribution in [2.24, 2.45) is 0 Å². The van der Waals surface area contributed by atoms with Gasteiger partial charge >= 0.3 is 0 Å². The van der Waals surface area contributed by atoms with Crippen LogP contribution in [0.3, 0.4) is 0 Å². The molecule has 0 aromatic heterocycles. The molecule has 1 rings (SSSR count). The molecule has 1 fully saturated rings.